The maximum Gasteiger partial charge on any atom is 0.416 e. The van der Waals surface area contributed by atoms with Gasteiger partial charge in [-0.3, -0.25) is 19.2 Å². The maximum absolute atomic E-state index is 14.1. The zero-order valence-electron chi connectivity index (χ0n) is 26.4. The largest absolute Gasteiger partial charge is 0.490 e. The number of hydrogen-bond acceptors (Lipinski definition) is 10. The molecule has 1 aromatic heterocycles. The number of ether oxygens (including phenoxy) is 3. The van der Waals surface area contributed by atoms with Gasteiger partial charge in [-0.15, -0.1) is 0 Å². The number of aromatic nitrogens is 1. The zero-order valence-corrected chi connectivity index (χ0v) is 28.0. The van der Waals surface area contributed by atoms with Crippen molar-refractivity contribution < 1.29 is 46.6 Å². The van der Waals surface area contributed by atoms with E-state index in [1.54, 1.807) is 26.0 Å². The zero-order chi connectivity index (χ0) is 35.7. The summed E-state index contributed by atoms with van der Waals surface area (Å²) in [5.74, 6) is -3.50. The third-order valence-corrected chi connectivity index (χ3v) is 10.3. The van der Waals surface area contributed by atoms with E-state index >= 15 is 0 Å². The minimum absolute atomic E-state index is 0.0559. The van der Waals surface area contributed by atoms with Gasteiger partial charge in [0, 0.05) is 16.5 Å². The van der Waals surface area contributed by atoms with Crippen LogP contribution < -0.4 is 24.6 Å². The molecular weight excluding hydrogens is 700 g/mol. The van der Waals surface area contributed by atoms with Crippen LogP contribution in [0.25, 0.3) is 0 Å². The number of carbonyl (C=O) groups is 4. The first-order valence-electron chi connectivity index (χ1n) is 15.3. The van der Waals surface area contributed by atoms with Crippen molar-refractivity contribution in [2.24, 2.45) is 5.92 Å². The first-order valence-corrected chi connectivity index (χ1v) is 17.0. The van der Waals surface area contributed by atoms with Crippen LogP contribution in [0.5, 0.6) is 11.5 Å². The second-order valence-electron chi connectivity index (χ2n) is 11.1. The topological polar surface area (TPSA) is 144 Å². The quantitative estimate of drug-likeness (QED) is 0.152. The number of rotatable bonds is 10. The lowest BCUT2D eigenvalue weighted by atomic mass is 9.83. The van der Waals surface area contributed by atoms with Gasteiger partial charge in [-0.2, -0.15) is 13.2 Å². The Kier molecular flexibility index (Phi) is 9.75. The fourth-order valence-electron chi connectivity index (χ4n) is 5.81. The van der Waals surface area contributed by atoms with E-state index in [9.17, 15) is 37.1 Å². The molecule has 2 aliphatic rings. The summed E-state index contributed by atoms with van der Waals surface area (Å²) >= 11 is 2.04. The van der Waals surface area contributed by atoms with E-state index < -0.39 is 59.1 Å². The van der Waals surface area contributed by atoms with Gasteiger partial charge in [-0.05, 0) is 74.0 Å². The summed E-state index contributed by atoms with van der Waals surface area (Å²) in [6, 6.07) is 14.9. The number of hydrogen-bond donors (Lipinski definition) is 2. The fourth-order valence-corrected chi connectivity index (χ4v) is 8.33. The third kappa shape index (κ3) is 6.85. The molecule has 2 N–H and O–H groups in total. The molecular formula is C34H28F3N3O8S2. The average molecular weight is 728 g/mol. The van der Waals surface area contributed by atoms with Crippen LogP contribution >= 0.6 is 23.1 Å². The molecule has 3 amide bonds. The Hall–Kier alpha value is -5.09. The molecule has 0 radical (unpaired) electrons. The van der Waals surface area contributed by atoms with Gasteiger partial charge in [-0.1, -0.05) is 35.2 Å². The molecule has 0 bridgehead atoms. The first-order chi connectivity index (χ1) is 23.9. The van der Waals surface area contributed by atoms with E-state index in [-0.39, 0.29) is 46.5 Å². The molecule has 16 heteroatoms. The summed E-state index contributed by atoms with van der Waals surface area (Å²) in [5.41, 5.74) is 0.113. The van der Waals surface area contributed by atoms with Gasteiger partial charge >= 0.3 is 17.0 Å². The van der Waals surface area contributed by atoms with Gasteiger partial charge in [0.2, 0.25) is 11.8 Å². The summed E-state index contributed by atoms with van der Waals surface area (Å²) in [5, 5.41) is 1.98. The number of esters is 1. The highest BCUT2D eigenvalue weighted by atomic mass is 32.2. The Bertz CT molecular complexity index is 2030. The molecule has 1 saturated heterocycles. The number of anilines is 2. The number of alkyl halides is 3. The molecule has 6 rings (SSSR count). The average Bonchev–Trinajstić information content (AvgIpc) is 3.57. The van der Waals surface area contributed by atoms with Gasteiger partial charge in [-0.25, -0.2) is 9.69 Å². The summed E-state index contributed by atoms with van der Waals surface area (Å²) in [4.78, 5) is 69.2. The molecule has 0 spiro atoms. The predicted molar refractivity (Wildman–Crippen MR) is 178 cm³/mol. The van der Waals surface area contributed by atoms with E-state index in [2.05, 4.69) is 10.3 Å². The molecule has 50 heavy (non-hydrogen) atoms. The Morgan fingerprint density at radius 1 is 0.920 bits per heavy atom. The number of thioether (sulfide) groups is 1. The highest BCUT2D eigenvalue weighted by Gasteiger charge is 2.56. The van der Waals surface area contributed by atoms with Crippen LogP contribution in [0.2, 0.25) is 0 Å². The number of imide groups is 1. The van der Waals surface area contributed by atoms with E-state index in [1.165, 1.54) is 42.5 Å². The van der Waals surface area contributed by atoms with Crippen LogP contribution in [0.1, 0.15) is 46.1 Å². The van der Waals surface area contributed by atoms with Gasteiger partial charge < -0.3 is 24.5 Å². The normalized spacial score (nSPS) is 18.3. The predicted octanol–water partition coefficient (Wildman–Crippen LogP) is 5.84. The van der Waals surface area contributed by atoms with Crippen LogP contribution in [0, 0.1) is 5.92 Å². The molecule has 4 aromatic rings. The lowest BCUT2D eigenvalue weighted by molar-refractivity contribution is -0.137. The lowest BCUT2D eigenvalue weighted by Gasteiger charge is -2.30. The Morgan fingerprint density at radius 2 is 1.68 bits per heavy atom. The third-order valence-electron chi connectivity index (χ3n) is 7.92. The Balaban J connectivity index is 1.27. The van der Waals surface area contributed by atoms with Crippen LogP contribution in [-0.2, 0) is 25.3 Å². The van der Waals surface area contributed by atoms with E-state index in [1.807, 2.05) is 0 Å². The number of nitrogens with one attached hydrogen (secondary N) is 2. The Labute approximate surface area is 290 Å². The SMILES string of the molecule is CCOC(=O)c1ccc(N2C(=O)C3Sc4[nH]c(=O)sc4C(c4ccc(OCC(=O)Nc5cccc(C(F)(F)F)c5)c(OCC)c4)C3C2=O)cc1. The molecule has 11 nitrogen and oxygen atoms in total. The summed E-state index contributed by atoms with van der Waals surface area (Å²) in [7, 11) is 0. The number of thiazole rings is 1. The number of halogens is 3. The second kappa shape index (κ2) is 14.0. The number of fused-ring (bicyclic) bond motifs is 2. The molecule has 0 aliphatic carbocycles. The van der Waals surface area contributed by atoms with Crippen molar-refractivity contribution in [1.82, 2.24) is 4.98 Å². The van der Waals surface area contributed by atoms with Gasteiger partial charge in [0.05, 0.1) is 41.0 Å². The second-order valence-corrected chi connectivity index (χ2v) is 13.3. The molecule has 2 aliphatic heterocycles. The standard InChI is InChI=1S/C34H28F3N3O8S2/c1-3-46-23-14-18(10-13-22(23)48-16-24(41)38-20-7-5-6-19(15-20)34(35,36)37)25-26-28(49-29-27(25)50-33(45)39-29)31(43)40(30(26)42)21-11-8-17(9-12-21)32(44)47-4-2/h5-15,25-26,28H,3-4,16H2,1-2H3,(H,38,41)(H,39,45). The van der Waals surface area contributed by atoms with Gasteiger partial charge in [0.1, 0.15) is 5.25 Å². The number of amides is 3. The van der Waals surface area contributed by atoms with Crippen molar-refractivity contribution in [3.05, 3.63) is 98.0 Å². The van der Waals surface area contributed by atoms with Crippen molar-refractivity contribution >= 4 is 58.2 Å². The smallest absolute Gasteiger partial charge is 0.416 e. The molecule has 3 aromatic carbocycles. The van der Waals surface area contributed by atoms with Crippen LogP contribution in [0.4, 0.5) is 24.5 Å². The maximum atomic E-state index is 14.1. The van der Waals surface area contributed by atoms with E-state index in [0.717, 1.165) is 40.1 Å². The van der Waals surface area contributed by atoms with Crippen LogP contribution in [-0.4, -0.2) is 53.7 Å². The van der Waals surface area contributed by atoms with Crippen LogP contribution in [0.15, 0.2) is 76.6 Å². The van der Waals surface area contributed by atoms with E-state index in [0.29, 0.717) is 15.5 Å². The molecule has 3 unspecified atom stereocenters. The summed E-state index contributed by atoms with van der Waals surface area (Å²) in [6.45, 7) is 3.23. The number of benzene rings is 3. The van der Waals surface area contributed by atoms with Crippen molar-refractivity contribution in [2.45, 2.75) is 36.2 Å². The minimum atomic E-state index is -4.58. The molecule has 3 atom stereocenters. The highest BCUT2D eigenvalue weighted by Crippen LogP contribution is 2.54. The summed E-state index contributed by atoms with van der Waals surface area (Å²) < 4.78 is 55.8. The molecule has 0 saturated carbocycles. The molecule has 1 fully saturated rings. The lowest BCUT2D eigenvalue weighted by Crippen LogP contribution is -2.32. The van der Waals surface area contributed by atoms with Crippen molar-refractivity contribution in [3.8, 4) is 11.5 Å². The monoisotopic (exact) mass is 727 g/mol. The minimum Gasteiger partial charge on any atom is -0.490 e. The first kappa shape index (κ1) is 34.8. The Morgan fingerprint density at radius 3 is 2.38 bits per heavy atom. The number of aromatic amines is 1. The van der Waals surface area contributed by atoms with Crippen molar-refractivity contribution in [1.29, 1.82) is 0 Å². The number of carbonyl (C=O) groups excluding carboxylic acids is 4. The van der Waals surface area contributed by atoms with E-state index in [4.69, 9.17) is 14.2 Å². The summed E-state index contributed by atoms with van der Waals surface area (Å²) in [6.07, 6.45) is -4.58. The fraction of sp³-hybridized carbons (Fsp3) is 0.265. The van der Waals surface area contributed by atoms with Crippen molar-refractivity contribution in [3.63, 3.8) is 0 Å². The van der Waals surface area contributed by atoms with Crippen LogP contribution in [0.3, 0.4) is 0 Å². The van der Waals surface area contributed by atoms with Crippen molar-refractivity contribution in [2.75, 3.05) is 30.0 Å². The highest BCUT2D eigenvalue weighted by molar-refractivity contribution is 8.00. The number of H-pyrrole nitrogens is 1. The number of nitrogens with zero attached hydrogens (tertiary/aromatic N) is 1. The molecule has 3 heterocycles. The van der Waals surface area contributed by atoms with Gasteiger partial charge in [0.15, 0.2) is 18.1 Å². The molecule has 260 valence electrons. The van der Waals surface area contributed by atoms with Gasteiger partial charge in [0.25, 0.3) is 5.91 Å².